The average molecular weight is 292 g/mol. The fraction of sp³-hybridized carbons (Fsp3) is 0.500. The minimum Gasteiger partial charge on any atom is -0.449 e. The minimum atomic E-state index is -0.817. The van der Waals surface area contributed by atoms with Gasteiger partial charge in [0.15, 0.2) is 6.10 Å². The molecule has 0 aliphatic heterocycles. The van der Waals surface area contributed by atoms with Crippen molar-refractivity contribution in [3.8, 4) is 0 Å². The lowest BCUT2D eigenvalue weighted by Gasteiger charge is -2.14. The number of hydrogen-bond acceptors (Lipinski definition) is 4. The SMILES string of the molecule is Cc1cc(C(=O)OC(C)C(=O)NCCC(C)C)ccc1N. The van der Waals surface area contributed by atoms with E-state index in [1.54, 1.807) is 25.1 Å². The molecule has 1 rings (SSSR count). The van der Waals surface area contributed by atoms with Gasteiger partial charge in [0, 0.05) is 12.2 Å². The Kier molecular flexibility index (Phi) is 6.21. The van der Waals surface area contributed by atoms with E-state index in [2.05, 4.69) is 19.2 Å². The van der Waals surface area contributed by atoms with Crippen LogP contribution in [-0.2, 0) is 9.53 Å². The lowest BCUT2D eigenvalue weighted by molar-refractivity contribution is -0.129. The van der Waals surface area contributed by atoms with Crippen LogP contribution in [0.5, 0.6) is 0 Å². The number of nitrogens with two attached hydrogens (primary N) is 1. The Labute approximate surface area is 125 Å². The number of rotatable bonds is 6. The van der Waals surface area contributed by atoms with Crippen LogP contribution in [0.25, 0.3) is 0 Å². The fourth-order valence-electron chi connectivity index (χ4n) is 1.71. The van der Waals surface area contributed by atoms with Gasteiger partial charge in [0.2, 0.25) is 0 Å². The normalized spacial score (nSPS) is 12.0. The second-order valence-corrected chi connectivity index (χ2v) is 5.59. The van der Waals surface area contributed by atoms with Gasteiger partial charge in [0.25, 0.3) is 5.91 Å². The Bertz CT molecular complexity index is 512. The molecule has 116 valence electrons. The average Bonchev–Trinajstić information content (AvgIpc) is 2.41. The summed E-state index contributed by atoms with van der Waals surface area (Å²) in [6.07, 6.45) is 0.0753. The summed E-state index contributed by atoms with van der Waals surface area (Å²) in [7, 11) is 0. The lowest BCUT2D eigenvalue weighted by atomic mass is 10.1. The number of amides is 1. The van der Waals surface area contributed by atoms with Gasteiger partial charge in [-0.15, -0.1) is 0 Å². The molecule has 21 heavy (non-hydrogen) atoms. The van der Waals surface area contributed by atoms with E-state index in [-0.39, 0.29) is 5.91 Å². The quantitative estimate of drug-likeness (QED) is 0.622. The van der Waals surface area contributed by atoms with Crippen LogP contribution in [0.2, 0.25) is 0 Å². The molecule has 5 nitrogen and oxygen atoms in total. The molecule has 0 radical (unpaired) electrons. The second kappa shape index (κ2) is 7.67. The van der Waals surface area contributed by atoms with Gasteiger partial charge in [-0.3, -0.25) is 4.79 Å². The zero-order valence-electron chi connectivity index (χ0n) is 13.1. The Morgan fingerprint density at radius 3 is 2.52 bits per heavy atom. The predicted octanol–water partition coefficient (Wildman–Crippen LogP) is 2.28. The maximum Gasteiger partial charge on any atom is 0.338 e. The van der Waals surface area contributed by atoms with E-state index in [1.807, 2.05) is 6.92 Å². The molecule has 0 saturated heterocycles. The number of carbonyl (C=O) groups is 2. The number of ether oxygens (including phenoxy) is 1. The first kappa shape index (κ1) is 17.0. The number of anilines is 1. The minimum absolute atomic E-state index is 0.281. The molecule has 3 N–H and O–H groups in total. The molecule has 1 aromatic carbocycles. The number of aryl methyl sites for hydroxylation is 1. The van der Waals surface area contributed by atoms with Gasteiger partial charge < -0.3 is 15.8 Å². The van der Waals surface area contributed by atoms with Gasteiger partial charge in [-0.05, 0) is 49.9 Å². The van der Waals surface area contributed by atoms with Crippen molar-refractivity contribution in [2.75, 3.05) is 12.3 Å². The number of esters is 1. The largest absolute Gasteiger partial charge is 0.449 e. The van der Waals surface area contributed by atoms with Crippen molar-refractivity contribution in [2.45, 2.75) is 40.2 Å². The van der Waals surface area contributed by atoms with E-state index in [1.165, 1.54) is 0 Å². The summed E-state index contributed by atoms with van der Waals surface area (Å²) >= 11 is 0. The van der Waals surface area contributed by atoms with E-state index in [0.717, 1.165) is 12.0 Å². The van der Waals surface area contributed by atoms with Crippen molar-refractivity contribution in [3.63, 3.8) is 0 Å². The van der Waals surface area contributed by atoms with E-state index in [4.69, 9.17) is 10.5 Å². The molecule has 0 aliphatic rings. The second-order valence-electron chi connectivity index (χ2n) is 5.59. The third-order valence-electron chi connectivity index (χ3n) is 3.18. The van der Waals surface area contributed by atoms with E-state index < -0.39 is 12.1 Å². The first-order chi connectivity index (χ1) is 9.81. The van der Waals surface area contributed by atoms with Crippen LogP contribution in [0.1, 0.15) is 43.1 Å². The summed E-state index contributed by atoms with van der Waals surface area (Å²) in [6, 6.07) is 4.90. The van der Waals surface area contributed by atoms with Gasteiger partial charge in [-0.25, -0.2) is 4.79 Å². The first-order valence-electron chi connectivity index (χ1n) is 7.16. The zero-order chi connectivity index (χ0) is 16.0. The zero-order valence-corrected chi connectivity index (χ0v) is 13.1. The molecule has 0 aliphatic carbocycles. The standard InChI is InChI=1S/C16H24N2O3/c1-10(2)7-8-18-15(19)12(4)21-16(20)13-5-6-14(17)11(3)9-13/h5-6,9-10,12H,7-8,17H2,1-4H3,(H,18,19). The highest BCUT2D eigenvalue weighted by Gasteiger charge is 2.18. The molecule has 0 fully saturated rings. The van der Waals surface area contributed by atoms with Crippen molar-refractivity contribution in [3.05, 3.63) is 29.3 Å². The fourth-order valence-corrected chi connectivity index (χ4v) is 1.71. The summed E-state index contributed by atoms with van der Waals surface area (Å²) in [6.45, 7) is 8.12. The predicted molar refractivity (Wildman–Crippen MR) is 82.9 cm³/mol. The molecule has 0 spiro atoms. The molecule has 0 bridgehead atoms. The number of nitrogens with one attached hydrogen (secondary N) is 1. The highest BCUT2D eigenvalue weighted by Crippen LogP contribution is 2.14. The number of hydrogen-bond donors (Lipinski definition) is 2. The van der Waals surface area contributed by atoms with Crippen LogP contribution in [-0.4, -0.2) is 24.5 Å². The van der Waals surface area contributed by atoms with Crippen molar-refractivity contribution in [2.24, 2.45) is 5.92 Å². The molecule has 1 amide bonds. The maximum absolute atomic E-state index is 12.0. The van der Waals surface area contributed by atoms with Crippen molar-refractivity contribution < 1.29 is 14.3 Å². The lowest BCUT2D eigenvalue weighted by Crippen LogP contribution is -2.36. The first-order valence-corrected chi connectivity index (χ1v) is 7.16. The number of carbonyl (C=O) groups excluding carboxylic acids is 2. The van der Waals surface area contributed by atoms with Crippen LogP contribution >= 0.6 is 0 Å². The van der Waals surface area contributed by atoms with Gasteiger partial charge >= 0.3 is 5.97 Å². The Morgan fingerprint density at radius 1 is 1.29 bits per heavy atom. The third-order valence-corrected chi connectivity index (χ3v) is 3.18. The summed E-state index contributed by atoms with van der Waals surface area (Å²) in [5.74, 6) is -0.290. The van der Waals surface area contributed by atoms with Crippen molar-refractivity contribution in [1.29, 1.82) is 0 Å². The monoisotopic (exact) mass is 292 g/mol. The molecular weight excluding hydrogens is 268 g/mol. The highest BCUT2D eigenvalue weighted by atomic mass is 16.5. The van der Waals surface area contributed by atoms with Crippen LogP contribution in [0.3, 0.4) is 0 Å². The molecule has 5 heteroatoms. The summed E-state index contributed by atoms with van der Waals surface area (Å²) in [4.78, 5) is 23.8. The van der Waals surface area contributed by atoms with Gasteiger partial charge in [0.05, 0.1) is 5.56 Å². The number of benzene rings is 1. The topological polar surface area (TPSA) is 81.4 Å². The van der Waals surface area contributed by atoms with Gasteiger partial charge in [-0.1, -0.05) is 13.8 Å². The summed E-state index contributed by atoms with van der Waals surface area (Å²) in [5.41, 5.74) is 7.51. The summed E-state index contributed by atoms with van der Waals surface area (Å²) < 4.78 is 5.16. The summed E-state index contributed by atoms with van der Waals surface area (Å²) in [5, 5.41) is 2.75. The third kappa shape index (κ3) is 5.45. The van der Waals surface area contributed by atoms with Gasteiger partial charge in [0.1, 0.15) is 0 Å². The van der Waals surface area contributed by atoms with Crippen molar-refractivity contribution >= 4 is 17.6 Å². The van der Waals surface area contributed by atoms with Crippen LogP contribution in [0.4, 0.5) is 5.69 Å². The molecular formula is C16H24N2O3. The van der Waals surface area contributed by atoms with Crippen LogP contribution < -0.4 is 11.1 Å². The smallest absolute Gasteiger partial charge is 0.338 e. The van der Waals surface area contributed by atoms with Crippen LogP contribution in [0, 0.1) is 12.8 Å². The Hall–Kier alpha value is -2.04. The highest BCUT2D eigenvalue weighted by molar-refractivity contribution is 5.92. The van der Waals surface area contributed by atoms with Gasteiger partial charge in [-0.2, -0.15) is 0 Å². The molecule has 1 atom stereocenters. The van der Waals surface area contributed by atoms with E-state index in [9.17, 15) is 9.59 Å². The molecule has 1 aromatic rings. The molecule has 0 heterocycles. The maximum atomic E-state index is 12.0. The van der Waals surface area contributed by atoms with E-state index >= 15 is 0 Å². The Balaban J connectivity index is 2.53. The van der Waals surface area contributed by atoms with Crippen LogP contribution in [0.15, 0.2) is 18.2 Å². The Morgan fingerprint density at radius 2 is 1.95 bits per heavy atom. The molecule has 0 aromatic heterocycles. The molecule has 0 saturated carbocycles. The van der Waals surface area contributed by atoms with E-state index in [0.29, 0.717) is 23.7 Å². The van der Waals surface area contributed by atoms with Crippen molar-refractivity contribution in [1.82, 2.24) is 5.32 Å². The molecule has 1 unspecified atom stereocenters. The number of nitrogen functional groups attached to an aromatic ring is 1.